The number of nitrogens with zero attached hydrogens (tertiary/aromatic N) is 4. The normalized spacial score (nSPS) is 14.1. The van der Waals surface area contributed by atoms with Crippen molar-refractivity contribution in [3.8, 4) is 11.4 Å². The summed E-state index contributed by atoms with van der Waals surface area (Å²) in [7, 11) is 0. The number of anilines is 2. The number of H-pyrrole nitrogens is 1. The highest BCUT2D eigenvalue weighted by Crippen LogP contribution is 2.27. The van der Waals surface area contributed by atoms with Crippen LogP contribution in [0.25, 0.3) is 22.4 Å². The smallest absolute Gasteiger partial charge is 0.259 e. The third-order valence-electron chi connectivity index (χ3n) is 5.07. The number of hydrogen-bond acceptors (Lipinski definition) is 6. The van der Waals surface area contributed by atoms with Gasteiger partial charge in [-0.25, -0.2) is 4.98 Å². The van der Waals surface area contributed by atoms with E-state index in [1.165, 1.54) is 0 Å². The largest absolute Gasteiger partial charge is 0.378 e. The molecule has 0 radical (unpaired) electrons. The Hall–Kier alpha value is -3.78. The topological polar surface area (TPSA) is 96.0 Å². The van der Waals surface area contributed by atoms with Gasteiger partial charge in [-0.3, -0.25) is 4.79 Å². The molecule has 2 aromatic carbocycles. The Labute approximate surface area is 172 Å². The number of morpholine rings is 1. The van der Waals surface area contributed by atoms with Gasteiger partial charge < -0.3 is 19.9 Å². The van der Waals surface area contributed by atoms with E-state index < -0.39 is 0 Å². The van der Waals surface area contributed by atoms with Gasteiger partial charge in [-0.2, -0.15) is 5.10 Å². The molecule has 1 amide bonds. The van der Waals surface area contributed by atoms with E-state index >= 15 is 0 Å². The zero-order chi connectivity index (χ0) is 20.3. The predicted octanol–water partition coefficient (Wildman–Crippen LogP) is 3.11. The second-order valence-corrected chi connectivity index (χ2v) is 7.00. The number of carbonyl (C=O) groups excluding carboxylic acids is 1. The molecule has 4 aromatic rings. The Bertz CT molecular complexity index is 1180. The molecule has 1 saturated heterocycles. The van der Waals surface area contributed by atoms with Gasteiger partial charge in [0.25, 0.3) is 5.91 Å². The zero-order valence-electron chi connectivity index (χ0n) is 16.2. The Morgan fingerprint density at radius 3 is 2.77 bits per heavy atom. The summed E-state index contributed by atoms with van der Waals surface area (Å²) in [5.74, 6) is 0.842. The van der Waals surface area contributed by atoms with Crippen molar-refractivity contribution in [1.29, 1.82) is 0 Å². The number of ether oxygens (including phenoxy) is 1. The van der Waals surface area contributed by atoms with E-state index in [9.17, 15) is 4.79 Å². The van der Waals surface area contributed by atoms with E-state index in [0.29, 0.717) is 16.9 Å². The van der Waals surface area contributed by atoms with Crippen molar-refractivity contribution >= 4 is 28.4 Å². The molecule has 0 unspecified atom stereocenters. The van der Waals surface area contributed by atoms with E-state index in [2.05, 4.69) is 37.5 Å². The first-order chi connectivity index (χ1) is 14.8. The second kappa shape index (κ2) is 7.92. The maximum Gasteiger partial charge on any atom is 0.259 e. The van der Waals surface area contributed by atoms with Crippen LogP contribution in [-0.2, 0) is 4.74 Å². The number of carbonyl (C=O) groups is 1. The molecule has 0 aliphatic carbocycles. The van der Waals surface area contributed by atoms with E-state index in [1.54, 1.807) is 24.4 Å². The summed E-state index contributed by atoms with van der Waals surface area (Å²) in [6, 6.07) is 17.2. The molecular formula is C22H20N6O2. The van der Waals surface area contributed by atoms with Gasteiger partial charge in [-0.15, -0.1) is 5.10 Å². The summed E-state index contributed by atoms with van der Waals surface area (Å²) < 4.78 is 5.45. The van der Waals surface area contributed by atoms with Crippen molar-refractivity contribution in [2.45, 2.75) is 0 Å². The van der Waals surface area contributed by atoms with Crippen LogP contribution in [0.15, 0.2) is 60.8 Å². The minimum Gasteiger partial charge on any atom is -0.378 e. The number of hydrogen-bond donors (Lipinski definition) is 2. The molecule has 0 spiro atoms. The first kappa shape index (κ1) is 18.3. The van der Waals surface area contributed by atoms with Crippen LogP contribution < -0.4 is 10.2 Å². The minimum absolute atomic E-state index is 0.277. The van der Waals surface area contributed by atoms with Crippen molar-refractivity contribution in [2.24, 2.45) is 0 Å². The lowest BCUT2D eigenvalue weighted by Gasteiger charge is -2.29. The molecule has 3 heterocycles. The SMILES string of the molecule is O=C(Nc1cccnn1)c1cccc2[nH]c(-c3cccc(N4CCOCC4)c3)nc12. The highest BCUT2D eigenvalue weighted by Gasteiger charge is 2.16. The second-order valence-electron chi connectivity index (χ2n) is 7.00. The summed E-state index contributed by atoms with van der Waals surface area (Å²) in [5.41, 5.74) is 4.00. The van der Waals surface area contributed by atoms with Gasteiger partial charge in [0.2, 0.25) is 0 Å². The van der Waals surface area contributed by atoms with E-state index in [4.69, 9.17) is 9.72 Å². The van der Waals surface area contributed by atoms with E-state index in [-0.39, 0.29) is 5.91 Å². The van der Waals surface area contributed by atoms with Crippen LogP contribution in [0.2, 0.25) is 0 Å². The minimum atomic E-state index is -0.277. The quantitative estimate of drug-likeness (QED) is 0.546. The third-order valence-corrected chi connectivity index (χ3v) is 5.07. The summed E-state index contributed by atoms with van der Waals surface area (Å²) in [6.07, 6.45) is 1.56. The number of para-hydroxylation sites is 1. The van der Waals surface area contributed by atoms with Crippen LogP contribution in [0.1, 0.15) is 10.4 Å². The molecule has 2 N–H and O–H groups in total. The molecular weight excluding hydrogens is 380 g/mol. The lowest BCUT2D eigenvalue weighted by molar-refractivity contribution is 0.102. The molecule has 0 atom stereocenters. The fraction of sp³-hybridized carbons (Fsp3) is 0.182. The average molecular weight is 400 g/mol. The highest BCUT2D eigenvalue weighted by molar-refractivity contribution is 6.11. The summed E-state index contributed by atoms with van der Waals surface area (Å²) in [4.78, 5) is 23.2. The van der Waals surface area contributed by atoms with Gasteiger partial charge in [0, 0.05) is 30.5 Å². The number of imidazole rings is 1. The Morgan fingerprint density at radius 2 is 1.93 bits per heavy atom. The Morgan fingerprint density at radius 1 is 1.07 bits per heavy atom. The number of fused-ring (bicyclic) bond motifs is 1. The van der Waals surface area contributed by atoms with E-state index in [0.717, 1.165) is 48.9 Å². The molecule has 8 heteroatoms. The van der Waals surface area contributed by atoms with Gasteiger partial charge in [0.15, 0.2) is 5.82 Å². The van der Waals surface area contributed by atoms with Crippen molar-refractivity contribution in [3.63, 3.8) is 0 Å². The molecule has 1 fully saturated rings. The molecule has 8 nitrogen and oxygen atoms in total. The molecule has 1 aliphatic rings. The van der Waals surface area contributed by atoms with Crippen molar-refractivity contribution in [1.82, 2.24) is 20.2 Å². The van der Waals surface area contributed by atoms with Gasteiger partial charge in [-0.1, -0.05) is 18.2 Å². The van der Waals surface area contributed by atoms with Gasteiger partial charge in [0.05, 0.1) is 24.3 Å². The summed E-state index contributed by atoms with van der Waals surface area (Å²) in [5, 5.41) is 10.5. The molecule has 0 bridgehead atoms. The fourth-order valence-corrected chi connectivity index (χ4v) is 3.58. The van der Waals surface area contributed by atoms with Crippen molar-refractivity contribution < 1.29 is 9.53 Å². The molecule has 30 heavy (non-hydrogen) atoms. The van der Waals surface area contributed by atoms with Crippen molar-refractivity contribution in [2.75, 3.05) is 36.5 Å². The predicted molar refractivity (Wildman–Crippen MR) is 115 cm³/mol. The number of aromatic amines is 1. The Balaban J connectivity index is 1.47. The van der Waals surface area contributed by atoms with Crippen molar-refractivity contribution in [3.05, 3.63) is 66.4 Å². The molecule has 2 aromatic heterocycles. The van der Waals surface area contributed by atoms with Crippen LogP contribution in [0.5, 0.6) is 0 Å². The standard InChI is InChI=1S/C22H20N6O2/c29-22(25-19-8-3-9-23-27-19)17-6-2-7-18-20(17)26-21(24-18)15-4-1-5-16(14-15)28-10-12-30-13-11-28/h1-9,14H,10-13H2,(H,24,26)(H,25,27,29). The third kappa shape index (κ3) is 3.60. The molecule has 1 aliphatic heterocycles. The zero-order valence-corrected chi connectivity index (χ0v) is 16.2. The number of benzene rings is 2. The maximum absolute atomic E-state index is 12.8. The van der Waals surface area contributed by atoms with Crippen LogP contribution in [0, 0.1) is 0 Å². The Kier molecular flexibility index (Phi) is 4.82. The first-order valence-electron chi connectivity index (χ1n) is 9.79. The molecule has 5 rings (SSSR count). The maximum atomic E-state index is 12.8. The number of aromatic nitrogens is 4. The van der Waals surface area contributed by atoms with Gasteiger partial charge >= 0.3 is 0 Å². The highest BCUT2D eigenvalue weighted by atomic mass is 16.5. The van der Waals surface area contributed by atoms with Crippen LogP contribution in [0.4, 0.5) is 11.5 Å². The summed E-state index contributed by atoms with van der Waals surface area (Å²) >= 11 is 0. The van der Waals surface area contributed by atoms with Crippen LogP contribution >= 0.6 is 0 Å². The molecule has 0 saturated carbocycles. The summed E-state index contributed by atoms with van der Waals surface area (Å²) in [6.45, 7) is 3.21. The van der Waals surface area contributed by atoms with Gasteiger partial charge in [-0.05, 0) is 36.4 Å². The van der Waals surface area contributed by atoms with Crippen LogP contribution in [0.3, 0.4) is 0 Å². The molecule has 150 valence electrons. The monoisotopic (exact) mass is 400 g/mol. The number of nitrogens with one attached hydrogen (secondary N) is 2. The van der Waals surface area contributed by atoms with Gasteiger partial charge in [0.1, 0.15) is 11.3 Å². The fourth-order valence-electron chi connectivity index (χ4n) is 3.58. The number of amides is 1. The lowest BCUT2D eigenvalue weighted by Crippen LogP contribution is -2.36. The van der Waals surface area contributed by atoms with Crippen LogP contribution in [-0.4, -0.2) is 52.4 Å². The first-order valence-corrected chi connectivity index (χ1v) is 9.79. The average Bonchev–Trinajstić information content (AvgIpc) is 3.25. The van der Waals surface area contributed by atoms with E-state index in [1.807, 2.05) is 24.3 Å². The lowest BCUT2D eigenvalue weighted by atomic mass is 10.1. The number of rotatable bonds is 4.